The van der Waals surface area contributed by atoms with E-state index in [1.165, 1.54) is 37.9 Å². The number of fused-ring (bicyclic) bond motifs is 1. The van der Waals surface area contributed by atoms with Crippen LogP contribution in [0.3, 0.4) is 0 Å². The van der Waals surface area contributed by atoms with Crippen LogP contribution in [0, 0.1) is 11.6 Å². The molecule has 0 saturated heterocycles. The molecule has 2 aromatic heterocycles. The van der Waals surface area contributed by atoms with E-state index in [4.69, 9.17) is 5.73 Å². The molecule has 202 valence electrons. The first-order chi connectivity index (χ1) is 18.6. The zero-order chi connectivity index (χ0) is 28.3. The first-order valence-electron chi connectivity index (χ1n) is 11.0. The van der Waals surface area contributed by atoms with Gasteiger partial charge in [0.05, 0.1) is 16.1 Å². The van der Waals surface area contributed by atoms with Crippen LogP contribution in [0.4, 0.5) is 23.2 Å². The number of ether oxygens (including phenoxy) is 1. The molecule has 14 heteroatoms. The molecule has 4 N–H and O–H groups in total. The van der Waals surface area contributed by atoms with Gasteiger partial charge in [-0.1, -0.05) is 6.07 Å². The van der Waals surface area contributed by atoms with Crippen LogP contribution in [-0.4, -0.2) is 44.0 Å². The molecule has 0 aliphatic rings. The van der Waals surface area contributed by atoms with E-state index in [0.29, 0.717) is 11.1 Å². The number of rotatable bonds is 9. The Bertz CT molecular complexity index is 1740. The highest BCUT2D eigenvalue weighted by atomic mass is 32.2. The van der Waals surface area contributed by atoms with Crippen LogP contribution < -0.4 is 15.2 Å². The van der Waals surface area contributed by atoms with Crippen molar-refractivity contribution in [2.75, 3.05) is 11.8 Å². The first kappa shape index (κ1) is 27.3. The molecule has 0 spiro atoms. The lowest BCUT2D eigenvalue weighted by atomic mass is 10.00. The summed E-state index contributed by atoms with van der Waals surface area (Å²) >= 11 is 0. The second kappa shape index (κ2) is 10.9. The predicted octanol–water partition coefficient (Wildman–Crippen LogP) is 4.47. The molecule has 0 saturated carbocycles. The molecular formula is C25H19F4N5O4S. The summed E-state index contributed by atoms with van der Waals surface area (Å²) in [6.45, 7) is -3.20. The quantitative estimate of drug-likeness (QED) is 0.157. The molecule has 0 amide bonds. The summed E-state index contributed by atoms with van der Waals surface area (Å²) in [5, 5.41) is 0.224. The van der Waals surface area contributed by atoms with Crippen molar-refractivity contribution >= 4 is 44.3 Å². The summed E-state index contributed by atoms with van der Waals surface area (Å²) in [5.41, 5.74) is 4.91. The maximum Gasteiger partial charge on any atom is 0.387 e. The number of benzene rings is 2. The minimum atomic E-state index is -4.56. The van der Waals surface area contributed by atoms with Crippen molar-refractivity contribution in [3.05, 3.63) is 89.4 Å². The number of allylic oxidation sites excluding steroid dienone is 1. The Morgan fingerprint density at radius 2 is 1.97 bits per heavy atom. The van der Waals surface area contributed by atoms with Gasteiger partial charge in [-0.05, 0) is 30.3 Å². The number of pyridine rings is 1. The highest BCUT2D eigenvalue weighted by Gasteiger charge is 2.27. The van der Waals surface area contributed by atoms with Crippen LogP contribution in [0.15, 0.2) is 70.9 Å². The number of alkyl halides is 2. The number of hydrogen-bond acceptors (Lipinski definition) is 7. The van der Waals surface area contributed by atoms with E-state index >= 15 is 4.39 Å². The average Bonchev–Trinajstić information content (AvgIpc) is 3.32. The van der Waals surface area contributed by atoms with Crippen LogP contribution in [0.25, 0.3) is 16.6 Å². The van der Waals surface area contributed by atoms with Crippen molar-refractivity contribution in [2.45, 2.75) is 11.5 Å². The number of sulfonamides is 1. The zero-order valence-electron chi connectivity index (χ0n) is 20.0. The number of aromatic amines is 1. The molecular weight excluding hydrogens is 542 g/mol. The fraction of sp³-hybridized carbons (Fsp3) is 0.0800. The van der Waals surface area contributed by atoms with Gasteiger partial charge < -0.3 is 15.5 Å². The Kier molecular flexibility index (Phi) is 7.67. The molecule has 2 heterocycles. The normalized spacial score (nSPS) is 12.4. The number of aliphatic imine (C=N–C) groups is 1. The molecule has 0 aliphatic heterocycles. The van der Waals surface area contributed by atoms with Crippen LogP contribution in [0.1, 0.15) is 21.5 Å². The Hall–Kier alpha value is -4.72. The third-order valence-electron chi connectivity index (χ3n) is 5.46. The second-order valence-electron chi connectivity index (χ2n) is 7.90. The largest absolute Gasteiger partial charge is 0.435 e. The van der Waals surface area contributed by atoms with E-state index in [2.05, 4.69) is 19.7 Å². The molecule has 2 aromatic carbocycles. The Labute approximate surface area is 219 Å². The van der Waals surface area contributed by atoms with Crippen molar-refractivity contribution in [1.29, 1.82) is 0 Å². The van der Waals surface area contributed by atoms with Crippen LogP contribution in [-0.2, 0) is 10.0 Å². The maximum absolute atomic E-state index is 15.5. The number of carbonyl (C=O) groups excluding carboxylic acids is 1. The van der Waals surface area contributed by atoms with E-state index in [0.717, 1.165) is 36.4 Å². The number of carbonyl (C=O) groups is 1. The number of H-pyrrole nitrogens is 1. The number of nitrogens with zero attached hydrogens (tertiary/aromatic N) is 2. The van der Waals surface area contributed by atoms with E-state index in [9.17, 15) is 26.4 Å². The predicted molar refractivity (Wildman–Crippen MR) is 136 cm³/mol. The zero-order valence-corrected chi connectivity index (χ0v) is 20.8. The topological polar surface area (TPSA) is 140 Å². The SMILES string of the molecule is CN=C/C(=C\N)c1cnc2[nH]cc(C(=O)c3c(F)ccc(NS(=O)(=O)c4cccc(OC(F)F)c4)c3F)c2c1. The van der Waals surface area contributed by atoms with E-state index in [-0.39, 0.29) is 16.6 Å². The van der Waals surface area contributed by atoms with Gasteiger partial charge in [-0.3, -0.25) is 14.5 Å². The highest BCUT2D eigenvalue weighted by Crippen LogP contribution is 2.30. The molecule has 4 rings (SSSR count). The molecule has 0 radical (unpaired) electrons. The second-order valence-corrected chi connectivity index (χ2v) is 9.59. The van der Waals surface area contributed by atoms with Gasteiger partial charge in [0.25, 0.3) is 10.0 Å². The van der Waals surface area contributed by atoms with Gasteiger partial charge >= 0.3 is 6.61 Å². The van der Waals surface area contributed by atoms with E-state index in [1.807, 2.05) is 4.72 Å². The van der Waals surface area contributed by atoms with Crippen LogP contribution >= 0.6 is 0 Å². The minimum absolute atomic E-state index is 0.140. The number of hydrogen-bond donors (Lipinski definition) is 3. The number of aromatic nitrogens is 2. The molecule has 0 unspecified atom stereocenters. The fourth-order valence-corrected chi connectivity index (χ4v) is 4.79. The summed E-state index contributed by atoms with van der Waals surface area (Å²) in [7, 11) is -3.03. The number of anilines is 1. The van der Waals surface area contributed by atoms with Crippen molar-refractivity contribution < 1.29 is 35.5 Å². The molecule has 0 atom stereocenters. The Balaban J connectivity index is 1.73. The van der Waals surface area contributed by atoms with E-state index < -0.39 is 55.9 Å². The molecule has 0 bridgehead atoms. The van der Waals surface area contributed by atoms with Crippen LogP contribution in [0.2, 0.25) is 0 Å². The smallest absolute Gasteiger partial charge is 0.387 e. The van der Waals surface area contributed by atoms with Gasteiger partial charge in [-0.25, -0.2) is 22.2 Å². The standard InChI is InChI=1S/C25H19F4N5O4S/c1-31-10-14(9-30)13-7-17-18(12-33-24(17)32-11-13)23(35)21-19(26)5-6-20(22(21)27)34-39(36,37)16-4-2-3-15(8-16)38-25(28)29/h2-12,25,34H,30H2,1H3,(H,32,33)/b14-9+,31-10?. The number of halogens is 4. The van der Waals surface area contributed by atoms with Gasteiger partial charge in [0.1, 0.15) is 17.2 Å². The van der Waals surface area contributed by atoms with Crippen LogP contribution in [0.5, 0.6) is 5.75 Å². The third-order valence-corrected chi connectivity index (χ3v) is 6.82. The van der Waals surface area contributed by atoms with Crippen molar-refractivity contribution in [1.82, 2.24) is 9.97 Å². The number of ketones is 1. The molecule has 4 aromatic rings. The Morgan fingerprint density at radius 1 is 1.21 bits per heavy atom. The summed E-state index contributed by atoms with van der Waals surface area (Å²) < 4.78 is 87.0. The Morgan fingerprint density at radius 3 is 2.67 bits per heavy atom. The fourth-order valence-electron chi connectivity index (χ4n) is 3.70. The molecule has 0 aliphatic carbocycles. The van der Waals surface area contributed by atoms with Crippen molar-refractivity contribution in [3.8, 4) is 5.75 Å². The van der Waals surface area contributed by atoms with Crippen molar-refractivity contribution in [3.63, 3.8) is 0 Å². The first-order valence-corrected chi connectivity index (χ1v) is 12.5. The molecule has 39 heavy (non-hydrogen) atoms. The van der Waals surface area contributed by atoms with Gasteiger partial charge in [0, 0.05) is 60.0 Å². The average molecular weight is 562 g/mol. The summed E-state index contributed by atoms with van der Waals surface area (Å²) in [6.07, 6.45) is 5.41. The highest BCUT2D eigenvalue weighted by molar-refractivity contribution is 7.92. The lowest BCUT2D eigenvalue weighted by Crippen LogP contribution is -2.16. The lowest BCUT2D eigenvalue weighted by molar-refractivity contribution is -0.0500. The molecule has 0 fully saturated rings. The lowest BCUT2D eigenvalue weighted by Gasteiger charge is -2.13. The summed E-state index contributed by atoms with van der Waals surface area (Å²) in [5.74, 6) is -4.27. The van der Waals surface area contributed by atoms with Gasteiger partial charge in [0.2, 0.25) is 5.78 Å². The number of nitrogens with one attached hydrogen (secondary N) is 2. The van der Waals surface area contributed by atoms with Gasteiger partial charge in [0.15, 0.2) is 5.82 Å². The minimum Gasteiger partial charge on any atom is -0.435 e. The third kappa shape index (κ3) is 5.60. The monoisotopic (exact) mass is 561 g/mol. The summed E-state index contributed by atoms with van der Waals surface area (Å²) in [6, 6.07) is 7.13. The van der Waals surface area contributed by atoms with Gasteiger partial charge in [-0.2, -0.15) is 8.78 Å². The van der Waals surface area contributed by atoms with Crippen molar-refractivity contribution in [2.24, 2.45) is 10.7 Å². The maximum atomic E-state index is 15.5. The number of nitrogens with two attached hydrogens (primary N) is 1. The van der Waals surface area contributed by atoms with E-state index in [1.54, 1.807) is 0 Å². The van der Waals surface area contributed by atoms with Gasteiger partial charge in [-0.15, -0.1) is 0 Å². The summed E-state index contributed by atoms with van der Waals surface area (Å²) in [4.78, 5) is 23.6. The molecule has 9 nitrogen and oxygen atoms in total.